The van der Waals surface area contributed by atoms with Gasteiger partial charge in [0.15, 0.2) is 16.9 Å². The fourth-order valence-electron chi connectivity index (χ4n) is 2.37. The van der Waals surface area contributed by atoms with E-state index in [4.69, 9.17) is 4.74 Å². The molecule has 1 aromatic heterocycles. The molecule has 0 radical (unpaired) electrons. The lowest BCUT2D eigenvalue weighted by molar-refractivity contribution is -0.141. The standard InChI is InChI=1S/C16H23N3O3S/c1-4-7-17-16-18-13(10-23-16)15(21)22-12(3)14(20)19-8-5-11(2)6-9-19/h4,10-12H,1,5-9H2,2-3H3,(H,17,18)/t12-/m1/s1. The highest BCUT2D eigenvalue weighted by Gasteiger charge is 2.27. The van der Waals surface area contributed by atoms with Crippen molar-refractivity contribution in [2.45, 2.75) is 32.8 Å². The minimum Gasteiger partial charge on any atom is -0.448 e. The summed E-state index contributed by atoms with van der Waals surface area (Å²) in [7, 11) is 0. The zero-order chi connectivity index (χ0) is 16.8. The zero-order valence-corrected chi connectivity index (χ0v) is 14.4. The molecule has 2 rings (SSSR count). The lowest BCUT2D eigenvalue weighted by Gasteiger charge is -2.31. The number of piperidine rings is 1. The Kier molecular flexibility index (Phi) is 6.15. The van der Waals surface area contributed by atoms with Crippen molar-refractivity contribution in [3.05, 3.63) is 23.7 Å². The fourth-order valence-corrected chi connectivity index (χ4v) is 3.06. The van der Waals surface area contributed by atoms with E-state index < -0.39 is 12.1 Å². The van der Waals surface area contributed by atoms with Crippen molar-refractivity contribution in [2.24, 2.45) is 5.92 Å². The molecule has 0 bridgehead atoms. The number of hydrogen-bond acceptors (Lipinski definition) is 6. The van der Waals surface area contributed by atoms with Crippen molar-refractivity contribution in [3.63, 3.8) is 0 Å². The molecular formula is C16H23N3O3S. The van der Waals surface area contributed by atoms with Gasteiger partial charge in [-0.15, -0.1) is 17.9 Å². The number of thiazole rings is 1. The summed E-state index contributed by atoms with van der Waals surface area (Å²) in [5, 5.41) is 5.25. The van der Waals surface area contributed by atoms with Crippen molar-refractivity contribution in [3.8, 4) is 0 Å². The summed E-state index contributed by atoms with van der Waals surface area (Å²) in [5.74, 6) is -0.0574. The Morgan fingerprint density at radius 3 is 2.91 bits per heavy atom. The molecular weight excluding hydrogens is 314 g/mol. The number of nitrogens with one attached hydrogen (secondary N) is 1. The van der Waals surface area contributed by atoms with Gasteiger partial charge < -0.3 is 15.0 Å². The third-order valence-corrected chi connectivity index (χ3v) is 4.64. The van der Waals surface area contributed by atoms with Gasteiger partial charge in [-0.3, -0.25) is 4.79 Å². The topological polar surface area (TPSA) is 71.5 Å². The summed E-state index contributed by atoms with van der Waals surface area (Å²) in [4.78, 5) is 30.3. The van der Waals surface area contributed by atoms with E-state index in [9.17, 15) is 9.59 Å². The molecule has 7 heteroatoms. The number of carbonyl (C=O) groups is 2. The number of rotatable bonds is 6. The lowest BCUT2D eigenvalue weighted by atomic mass is 9.99. The number of ether oxygens (including phenoxy) is 1. The van der Waals surface area contributed by atoms with Crippen LogP contribution in [0.2, 0.25) is 0 Å². The van der Waals surface area contributed by atoms with Gasteiger partial charge >= 0.3 is 5.97 Å². The maximum Gasteiger partial charge on any atom is 0.358 e. The molecule has 23 heavy (non-hydrogen) atoms. The lowest BCUT2D eigenvalue weighted by Crippen LogP contribution is -2.44. The predicted octanol–water partition coefficient (Wildman–Crippen LogP) is 2.54. The molecule has 126 valence electrons. The van der Waals surface area contributed by atoms with Gasteiger partial charge in [0.25, 0.3) is 5.91 Å². The van der Waals surface area contributed by atoms with Crippen LogP contribution in [-0.2, 0) is 9.53 Å². The number of aromatic nitrogens is 1. The molecule has 1 atom stereocenters. The Labute approximate surface area is 140 Å². The van der Waals surface area contributed by atoms with Crippen LogP contribution in [0.3, 0.4) is 0 Å². The molecule has 6 nitrogen and oxygen atoms in total. The molecule has 2 heterocycles. The van der Waals surface area contributed by atoms with Crippen molar-refractivity contribution in [1.82, 2.24) is 9.88 Å². The minimum absolute atomic E-state index is 0.134. The van der Waals surface area contributed by atoms with Crippen LogP contribution >= 0.6 is 11.3 Å². The van der Waals surface area contributed by atoms with Gasteiger partial charge in [0, 0.05) is 25.0 Å². The second-order valence-electron chi connectivity index (χ2n) is 5.76. The third-order valence-electron chi connectivity index (χ3n) is 3.84. The average Bonchev–Trinajstić information content (AvgIpc) is 3.02. The largest absolute Gasteiger partial charge is 0.448 e. The summed E-state index contributed by atoms with van der Waals surface area (Å²) in [6, 6.07) is 0. The Balaban J connectivity index is 1.87. The van der Waals surface area contributed by atoms with E-state index in [1.165, 1.54) is 11.3 Å². The molecule has 1 fully saturated rings. The Morgan fingerprint density at radius 2 is 2.26 bits per heavy atom. The van der Waals surface area contributed by atoms with Gasteiger partial charge in [-0.05, 0) is 25.7 Å². The summed E-state index contributed by atoms with van der Waals surface area (Å²) < 4.78 is 5.26. The molecule has 1 aliphatic rings. The quantitative estimate of drug-likeness (QED) is 0.638. The highest BCUT2D eigenvalue weighted by Crippen LogP contribution is 2.19. The Hall–Kier alpha value is -1.89. The molecule has 0 saturated carbocycles. The van der Waals surface area contributed by atoms with Crippen LogP contribution in [0.1, 0.15) is 37.2 Å². The summed E-state index contributed by atoms with van der Waals surface area (Å²) in [5.41, 5.74) is 0.216. The smallest absolute Gasteiger partial charge is 0.358 e. The van der Waals surface area contributed by atoms with E-state index in [0.29, 0.717) is 17.6 Å². The first kappa shape index (κ1) is 17.5. The van der Waals surface area contributed by atoms with Crippen LogP contribution in [0.5, 0.6) is 0 Å². The van der Waals surface area contributed by atoms with Gasteiger partial charge in [-0.1, -0.05) is 13.0 Å². The first-order valence-corrected chi connectivity index (χ1v) is 8.69. The molecule has 1 aliphatic heterocycles. The van der Waals surface area contributed by atoms with E-state index in [1.807, 2.05) is 0 Å². The molecule has 1 saturated heterocycles. The van der Waals surface area contributed by atoms with E-state index in [1.54, 1.807) is 23.3 Å². The van der Waals surface area contributed by atoms with Gasteiger partial charge in [0.05, 0.1) is 0 Å². The first-order chi connectivity index (χ1) is 11.0. The van der Waals surface area contributed by atoms with E-state index in [0.717, 1.165) is 25.9 Å². The van der Waals surface area contributed by atoms with Crippen molar-refractivity contribution < 1.29 is 14.3 Å². The van der Waals surface area contributed by atoms with Crippen LogP contribution in [0.4, 0.5) is 5.13 Å². The maximum absolute atomic E-state index is 12.3. The van der Waals surface area contributed by atoms with Crippen LogP contribution in [-0.4, -0.2) is 47.5 Å². The third kappa shape index (κ3) is 4.79. The molecule has 1 aromatic rings. The van der Waals surface area contributed by atoms with Crippen molar-refractivity contribution in [2.75, 3.05) is 25.0 Å². The van der Waals surface area contributed by atoms with Crippen LogP contribution < -0.4 is 5.32 Å². The zero-order valence-electron chi connectivity index (χ0n) is 13.6. The summed E-state index contributed by atoms with van der Waals surface area (Å²) in [6.07, 6.45) is 2.91. The average molecular weight is 337 g/mol. The first-order valence-electron chi connectivity index (χ1n) is 7.81. The number of anilines is 1. The highest BCUT2D eigenvalue weighted by molar-refractivity contribution is 7.13. The molecule has 0 aromatic carbocycles. The monoisotopic (exact) mass is 337 g/mol. The molecule has 1 N–H and O–H groups in total. The van der Waals surface area contributed by atoms with Crippen LogP contribution in [0.15, 0.2) is 18.0 Å². The summed E-state index contributed by atoms with van der Waals surface area (Å²) >= 11 is 1.32. The second kappa shape index (κ2) is 8.10. The maximum atomic E-state index is 12.3. The second-order valence-corrected chi connectivity index (χ2v) is 6.62. The van der Waals surface area contributed by atoms with E-state index in [2.05, 4.69) is 23.8 Å². The number of esters is 1. The molecule has 0 spiro atoms. The number of nitrogens with zero attached hydrogens (tertiary/aromatic N) is 2. The van der Waals surface area contributed by atoms with Gasteiger partial charge in [0.1, 0.15) is 0 Å². The molecule has 0 aliphatic carbocycles. The summed E-state index contributed by atoms with van der Waals surface area (Å²) in [6.45, 7) is 9.44. The predicted molar refractivity (Wildman–Crippen MR) is 90.7 cm³/mol. The van der Waals surface area contributed by atoms with Gasteiger partial charge in [0.2, 0.25) is 0 Å². The van der Waals surface area contributed by atoms with Crippen LogP contribution in [0, 0.1) is 5.92 Å². The fraction of sp³-hybridized carbons (Fsp3) is 0.562. The van der Waals surface area contributed by atoms with E-state index in [-0.39, 0.29) is 11.6 Å². The number of amides is 1. The van der Waals surface area contributed by atoms with Gasteiger partial charge in [-0.2, -0.15) is 0 Å². The Morgan fingerprint density at radius 1 is 1.57 bits per heavy atom. The van der Waals surface area contributed by atoms with Gasteiger partial charge in [-0.25, -0.2) is 9.78 Å². The highest BCUT2D eigenvalue weighted by atomic mass is 32.1. The SMILES string of the molecule is C=CCNc1nc(C(=O)O[C@H](C)C(=O)N2CCC(C)CC2)cs1. The number of carbonyl (C=O) groups excluding carboxylic acids is 2. The number of likely N-dealkylation sites (tertiary alicyclic amines) is 1. The van der Waals surface area contributed by atoms with Crippen LogP contribution in [0.25, 0.3) is 0 Å². The number of hydrogen-bond donors (Lipinski definition) is 1. The molecule has 0 unspecified atom stereocenters. The van der Waals surface area contributed by atoms with E-state index >= 15 is 0 Å². The Bertz CT molecular complexity index is 565. The van der Waals surface area contributed by atoms with Crippen molar-refractivity contribution in [1.29, 1.82) is 0 Å². The normalized spacial score (nSPS) is 16.7. The molecule has 1 amide bonds. The van der Waals surface area contributed by atoms with Crippen molar-refractivity contribution >= 4 is 28.3 Å². The minimum atomic E-state index is -0.790.